The molecular formula is C21H26N6O3. The second kappa shape index (κ2) is 10.3. The molecule has 0 saturated carbocycles. The molecular weight excluding hydrogens is 384 g/mol. The maximum absolute atomic E-state index is 12.9. The number of amidine groups is 1. The molecule has 30 heavy (non-hydrogen) atoms. The Morgan fingerprint density at radius 3 is 2.33 bits per heavy atom. The van der Waals surface area contributed by atoms with Gasteiger partial charge >= 0.3 is 0 Å². The molecule has 0 spiro atoms. The zero-order chi connectivity index (χ0) is 22.3. The normalized spacial score (nSPS) is 11.4. The molecule has 0 saturated heterocycles. The van der Waals surface area contributed by atoms with Crippen molar-refractivity contribution in [3.63, 3.8) is 0 Å². The molecule has 2 aromatic rings. The molecule has 2 rings (SSSR count). The lowest BCUT2D eigenvalue weighted by atomic mass is 10.1. The van der Waals surface area contributed by atoms with E-state index in [1.165, 1.54) is 11.8 Å². The number of ketones is 1. The predicted molar refractivity (Wildman–Crippen MR) is 117 cm³/mol. The van der Waals surface area contributed by atoms with Crippen molar-refractivity contribution in [1.82, 2.24) is 0 Å². The minimum Gasteiger partial charge on any atom is -0.384 e. The van der Waals surface area contributed by atoms with Crippen molar-refractivity contribution < 1.29 is 14.4 Å². The van der Waals surface area contributed by atoms with Crippen LogP contribution in [0.3, 0.4) is 0 Å². The van der Waals surface area contributed by atoms with Crippen molar-refractivity contribution in [2.45, 2.75) is 19.4 Å². The van der Waals surface area contributed by atoms with Gasteiger partial charge in [0.1, 0.15) is 5.84 Å². The Kier molecular flexibility index (Phi) is 7.79. The van der Waals surface area contributed by atoms with Crippen LogP contribution in [-0.4, -0.2) is 42.6 Å². The number of nitrogens with one attached hydrogen (secondary N) is 2. The first-order chi connectivity index (χ1) is 14.2. The summed E-state index contributed by atoms with van der Waals surface area (Å²) in [7, 11) is 0. The van der Waals surface area contributed by atoms with E-state index in [0.717, 1.165) is 0 Å². The molecule has 0 heterocycles. The summed E-state index contributed by atoms with van der Waals surface area (Å²) >= 11 is 0. The molecule has 0 radical (unpaired) electrons. The zero-order valence-corrected chi connectivity index (χ0v) is 16.7. The summed E-state index contributed by atoms with van der Waals surface area (Å²) in [6.07, 6.45) is -0.235. The third-order valence-corrected chi connectivity index (χ3v) is 4.39. The van der Waals surface area contributed by atoms with Crippen LogP contribution in [0.1, 0.15) is 29.3 Å². The highest BCUT2D eigenvalue weighted by Crippen LogP contribution is 2.18. The smallest absolute Gasteiger partial charge is 0.244 e. The Labute approximate surface area is 174 Å². The van der Waals surface area contributed by atoms with Crippen LogP contribution in [-0.2, 0) is 9.59 Å². The lowest BCUT2D eigenvalue weighted by Crippen LogP contribution is -2.47. The van der Waals surface area contributed by atoms with Crippen molar-refractivity contribution >= 4 is 34.8 Å². The average molecular weight is 410 g/mol. The average Bonchev–Trinajstić information content (AvgIpc) is 2.71. The first-order valence-corrected chi connectivity index (χ1v) is 9.35. The molecule has 0 aliphatic carbocycles. The van der Waals surface area contributed by atoms with Gasteiger partial charge < -0.3 is 27.4 Å². The van der Waals surface area contributed by atoms with Gasteiger partial charge in [0.25, 0.3) is 0 Å². The van der Waals surface area contributed by atoms with Crippen molar-refractivity contribution in [3.05, 3.63) is 59.7 Å². The second-order valence-corrected chi connectivity index (χ2v) is 6.73. The topological polar surface area (TPSA) is 168 Å². The summed E-state index contributed by atoms with van der Waals surface area (Å²) in [4.78, 5) is 38.2. The van der Waals surface area contributed by atoms with Crippen LogP contribution in [0.25, 0.3) is 0 Å². The summed E-state index contributed by atoms with van der Waals surface area (Å²) in [6, 6.07) is 11.9. The van der Waals surface area contributed by atoms with Gasteiger partial charge in [0, 0.05) is 35.6 Å². The summed E-state index contributed by atoms with van der Waals surface area (Å²) in [5, 5.41) is 10.0. The van der Waals surface area contributed by atoms with E-state index >= 15 is 0 Å². The summed E-state index contributed by atoms with van der Waals surface area (Å²) in [5.74, 6) is -1.11. The van der Waals surface area contributed by atoms with Crippen LogP contribution < -0.4 is 27.4 Å². The number of amides is 2. The zero-order valence-electron chi connectivity index (χ0n) is 16.7. The fourth-order valence-electron chi connectivity index (χ4n) is 2.82. The fourth-order valence-corrected chi connectivity index (χ4v) is 2.82. The van der Waals surface area contributed by atoms with Crippen LogP contribution in [0.15, 0.2) is 48.5 Å². The first-order valence-electron chi connectivity index (χ1n) is 9.35. The van der Waals surface area contributed by atoms with Crippen molar-refractivity contribution in [3.8, 4) is 0 Å². The van der Waals surface area contributed by atoms with Gasteiger partial charge in [-0.2, -0.15) is 0 Å². The largest absolute Gasteiger partial charge is 0.384 e. The lowest BCUT2D eigenvalue weighted by molar-refractivity contribution is -0.123. The number of hydrogen-bond acceptors (Lipinski definition) is 6. The van der Waals surface area contributed by atoms with Gasteiger partial charge in [-0.1, -0.05) is 12.1 Å². The first kappa shape index (κ1) is 22.7. The summed E-state index contributed by atoms with van der Waals surface area (Å²) in [6.45, 7) is 1.83. The molecule has 0 aromatic heterocycles. The predicted octanol–water partition coefficient (Wildman–Crippen LogP) is 0.821. The van der Waals surface area contributed by atoms with E-state index < -0.39 is 17.9 Å². The van der Waals surface area contributed by atoms with Gasteiger partial charge in [-0.3, -0.25) is 19.8 Å². The number of nitrogens with zero attached hydrogens (tertiary/aromatic N) is 1. The van der Waals surface area contributed by atoms with Crippen molar-refractivity contribution in [2.75, 3.05) is 23.3 Å². The molecule has 0 fully saturated rings. The Hall–Kier alpha value is -3.56. The molecule has 0 aliphatic rings. The molecule has 158 valence electrons. The van der Waals surface area contributed by atoms with Crippen LogP contribution in [0, 0.1) is 5.41 Å². The third kappa shape index (κ3) is 5.97. The van der Waals surface area contributed by atoms with E-state index in [4.69, 9.17) is 22.6 Å². The summed E-state index contributed by atoms with van der Waals surface area (Å²) in [5.41, 5.74) is 19.0. The van der Waals surface area contributed by atoms with Gasteiger partial charge in [-0.25, -0.2) is 0 Å². The van der Waals surface area contributed by atoms with E-state index in [-0.39, 0.29) is 31.1 Å². The fraction of sp³-hybridized carbons (Fsp3) is 0.238. The Morgan fingerprint density at radius 1 is 1.10 bits per heavy atom. The van der Waals surface area contributed by atoms with E-state index in [1.54, 1.807) is 48.5 Å². The molecule has 8 N–H and O–H groups in total. The number of carbonyl (C=O) groups excluding carboxylic acids is 3. The van der Waals surface area contributed by atoms with E-state index in [1.807, 2.05) is 0 Å². The Balaban J connectivity index is 2.07. The number of anilines is 2. The maximum Gasteiger partial charge on any atom is 0.244 e. The standard InChI is InChI=1S/C21H26N6O3/c1-13(28)15-3-2-4-17(11-15)27(10-9-22)21(30)18(23)12-19(29)26-16-7-5-14(6-8-16)20(24)25/h2-8,11,18H,9-10,12,22-23H2,1H3,(H3,24,25)(H,26,29). The number of nitrogen functional groups attached to an aromatic ring is 1. The quantitative estimate of drug-likeness (QED) is 0.233. The highest BCUT2D eigenvalue weighted by molar-refractivity contribution is 6.03. The van der Waals surface area contributed by atoms with Gasteiger partial charge in [-0.05, 0) is 43.3 Å². The van der Waals surface area contributed by atoms with E-state index in [9.17, 15) is 14.4 Å². The van der Waals surface area contributed by atoms with Gasteiger partial charge in [0.05, 0.1) is 12.5 Å². The van der Waals surface area contributed by atoms with Gasteiger partial charge in [0.15, 0.2) is 5.78 Å². The van der Waals surface area contributed by atoms with Gasteiger partial charge in [-0.15, -0.1) is 0 Å². The second-order valence-electron chi connectivity index (χ2n) is 6.73. The lowest BCUT2D eigenvalue weighted by Gasteiger charge is -2.25. The number of carbonyl (C=O) groups is 3. The minimum atomic E-state index is -1.09. The van der Waals surface area contributed by atoms with Crippen molar-refractivity contribution in [2.24, 2.45) is 17.2 Å². The Bertz CT molecular complexity index is 942. The number of nitrogens with two attached hydrogens (primary N) is 3. The maximum atomic E-state index is 12.9. The van der Waals surface area contributed by atoms with E-state index in [2.05, 4.69) is 5.32 Å². The number of benzene rings is 2. The van der Waals surface area contributed by atoms with Crippen LogP contribution >= 0.6 is 0 Å². The SMILES string of the molecule is CC(=O)c1cccc(N(CCN)C(=O)C(N)CC(=O)Nc2ccc(C(=N)N)cc2)c1. The Morgan fingerprint density at radius 2 is 1.77 bits per heavy atom. The van der Waals surface area contributed by atoms with E-state index in [0.29, 0.717) is 22.5 Å². The molecule has 0 bridgehead atoms. The van der Waals surface area contributed by atoms with Gasteiger partial charge in [0.2, 0.25) is 11.8 Å². The molecule has 2 aromatic carbocycles. The number of rotatable bonds is 9. The van der Waals surface area contributed by atoms with Crippen LogP contribution in [0.2, 0.25) is 0 Å². The summed E-state index contributed by atoms with van der Waals surface area (Å²) < 4.78 is 0. The van der Waals surface area contributed by atoms with Crippen LogP contribution in [0.5, 0.6) is 0 Å². The highest BCUT2D eigenvalue weighted by atomic mass is 16.2. The number of hydrogen-bond donors (Lipinski definition) is 5. The molecule has 9 heteroatoms. The highest BCUT2D eigenvalue weighted by Gasteiger charge is 2.24. The number of Topliss-reactive ketones (excluding diaryl/α,β-unsaturated/α-hetero) is 1. The van der Waals surface area contributed by atoms with Crippen LogP contribution in [0.4, 0.5) is 11.4 Å². The monoisotopic (exact) mass is 410 g/mol. The molecule has 0 aliphatic heterocycles. The van der Waals surface area contributed by atoms with Crippen molar-refractivity contribution in [1.29, 1.82) is 5.41 Å². The third-order valence-electron chi connectivity index (χ3n) is 4.39. The molecule has 2 amide bonds. The minimum absolute atomic E-state index is 0.0747. The molecule has 9 nitrogen and oxygen atoms in total. The molecule has 1 atom stereocenters. The molecule has 1 unspecified atom stereocenters.